The Morgan fingerprint density at radius 3 is 2.59 bits per heavy atom. The average molecular weight is 263 g/mol. The van der Waals surface area contributed by atoms with Crippen molar-refractivity contribution in [1.82, 2.24) is 0 Å². The lowest BCUT2D eigenvalue weighted by Crippen LogP contribution is -2.24. The number of benzene rings is 1. The van der Waals surface area contributed by atoms with E-state index in [9.17, 15) is 13.2 Å². The van der Waals surface area contributed by atoms with Gasteiger partial charge in [0.15, 0.2) is 5.71 Å². The summed E-state index contributed by atoms with van der Waals surface area (Å²) in [6, 6.07) is 6.88. The van der Waals surface area contributed by atoms with Gasteiger partial charge in [0.2, 0.25) is 6.61 Å². The van der Waals surface area contributed by atoms with Crippen LogP contribution in [-0.4, -0.2) is 18.5 Å². The second-order valence-electron chi connectivity index (χ2n) is 2.85. The monoisotopic (exact) mass is 262 g/mol. The predicted octanol–water partition coefficient (Wildman–Crippen LogP) is 3.15. The third-order valence-corrected chi connectivity index (χ3v) is 2.01. The van der Waals surface area contributed by atoms with Crippen LogP contribution in [-0.2, 0) is 4.84 Å². The molecule has 1 aromatic carbocycles. The summed E-state index contributed by atoms with van der Waals surface area (Å²) in [4.78, 5) is 4.23. The van der Waals surface area contributed by atoms with Crippen LogP contribution >= 0.6 is 11.6 Å². The van der Waals surface area contributed by atoms with Crippen LogP contribution < -0.4 is 0 Å². The van der Waals surface area contributed by atoms with E-state index in [2.05, 4.69) is 9.99 Å². The Hall–Kier alpha value is -1.74. The molecule has 7 heteroatoms. The van der Waals surface area contributed by atoms with E-state index in [4.69, 9.17) is 16.9 Å². The van der Waals surface area contributed by atoms with Gasteiger partial charge in [-0.1, -0.05) is 35.0 Å². The highest BCUT2D eigenvalue weighted by atomic mass is 35.5. The first-order valence-electron chi connectivity index (χ1n) is 4.36. The highest BCUT2D eigenvalue weighted by Gasteiger charge is 2.38. The molecule has 0 saturated carbocycles. The number of hydrogen-bond donors (Lipinski definition) is 0. The van der Waals surface area contributed by atoms with Crippen molar-refractivity contribution in [2.45, 2.75) is 6.18 Å². The average Bonchev–Trinajstić information content (AvgIpc) is 2.24. The molecule has 0 heterocycles. The Bertz CT molecular complexity index is 465. The smallest absolute Gasteiger partial charge is 0.380 e. The molecule has 90 valence electrons. The summed E-state index contributed by atoms with van der Waals surface area (Å²) in [6.45, 7) is -0.565. The van der Waals surface area contributed by atoms with Gasteiger partial charge >= 0.3 is 6.18 Å². The van der Waals surface area contributed by atoms with E-state index < -0.39 is 18.5 Å². The zero-order valence-electron chi connectivity index (χ0n) is 8.33. The van der Waals surface area contributed by atoms with Crippen molar-refractivity contribution in [3.63, 3.8) is 0 Å². The molecule has 0 bridgehead atoms. The van der Waals surface area contributed by atoms with Gasteiger partial charge in [-0.3, -0.25) is 0 Å². The Morgan fingerprint density at radius 2 is 2.06 bits per heavy atom. The third-order valence-electron chi connectivity index (χ3n) is 1.68. The predicted molar refractivity (Wildman–Crippen MR) is 55.6 cm³/mol. The molecule has 0 spiro atoms. The van der Waals surface area contributed by atoms with Crippen LogP contribution in [0.2, 0.25) is 5.02 Å². The van der Waals surface area contributed by atoms with E-state index in [1.54, 1.807) is 0 Å². The van der Waals surface area contributed by atoms with E-state index in [0.29, 0.717) is 0 Å². The van der Waals surface area contributed by atoms with Gasteiger partial charge in [-0.15, -0.1) is 0 Å². The van der Waals surface area contributed by atoms with E-state index in [1.165, 1.54) is 30.3 Å². The van der Waals surface area contributed by atoms with Gasteiger partial charge in [0.1, 0.15) is 6.07 Å². The second kappa shape index (κ2) is 5.55. The minimum absolute atomic E-state index is 0.0934. The first-order valence-corrected chi connectivity index (χ1v) is 4.73. The maximum absolute atomic E-state index is 12.7. The van der Waals surface area contributed by atoms with E-state index in [-0.39, 0.29) is 10.6 Å². The third kappa shape index (κ3) is 3.64. The lowest BCUT2D eigenvalue weighted by Gasteiger charge is -2.10. The number of alkyl halides is 3. The Kier molecular flexibility index (Phi) is 4.35. The van der Waals surface area contributed by atoms with Gasteiger partial charge in [-0.25, -0.2) is 0 Å². The van der Waals surface area contributed by atoms with Crippen molar-refractivity contribution in [2.75, 3.05) is 6.61 Å². The first kappa shape index (κ1) is 13.3. The number of rotatable bonds is 3. The first-order chi connectivity index (χ1) is 7.96. The molecule has 3 nitrogen and oxygen atoms in total. The number of nitriles is 1. The van der Waals surface area contributed by atoms with Gasteiger partial charge in [0.25, 0.3) is 0 Å². The molecule has 0 N–H and O–H groups in total. The number of hydrogen-bond acceptors (Lipinski definition) is 3. The number of oxime groups is 1. The van der Waals surface area contributed by atoms with Crippen LogP contribution in [0, 0.1) is 11.3 Å². The van der Waals surface area contributed by atoms with Gasteiger partial charge < -0.3 is 4.84 Å². The molecular weight excluding hydrogens is 257 g/mol. The minimum atomic E-state index is -4.71. The van der Waals surface area contributed by atoms with E-state index in [0.717, 1.165) is 0 Å². The largest absolute Gasteiger partial charge is 0.437 e. The molecule has 1 rings (SSSR count). The maximum atomic E-state index is 12.7. The summed E-state index contributed by atoms with van der Waals surface area (Å²) < 4.78 is 38.0. The number of halogens is 4. The standard InChI is InChI=1S/C10H6ClF3N2O/c11-8-4-2-1-3-7(8)9(10(12,13)14)16-17-6-5-15/h1-4H,6H2/b16-9-. The zero-order valence-corrected chi connectivity index (χ0v) is 9.09. The SMILES string of the molecule is N#CCO/N=C(/c1ccccc1Cl)C(F)(F)F. The van der Waals surface area contributed by atoms with Crippen LogP contribution in [0.1, 0.15) is 5.56 Å². The molecule has 1 aromatic rings. The van der Waals surface area contributed by atoms with Crippen LogP contribution in [0.4, 0.5) is 13.2 Å². The van der Waals surface area contributed by atoms with Crippen LogP contribution in [0.15, 0.2) is 29.4 Å². The zero-order chi connectivity index (χ0) is 12.9. The summed E-state index contributed by atoms with van der Waals surface area (Å²) in [6.07, 6.45) is -4.71. The van der Waals surface area contributed by atoms with E-state index >= 15 is 0 Å². The van der Waals surface area contributed by atoms with Crippen molar-refractivity contribution in [2.24, 2.45) is 5.16 Å². The molecular formula is C10H6ClF3N2O. The summed E-state index contributed by atoms with van der Waals surface area (Å²) in [5, 5.41) is 11.0. The molecule has 0 radical (unpaired) electrons. The Balaban J connectivity index is 3.13. The van der Waals surface area contributed by atoms with Crippen LogP contribution in [0.5, 0.6) is 0 Å². The molecule has 0 atom stereocenters. The van der Waals surface area contributed by atoms with Crippen LogP contribution in [0.25, 0.3) is 0 Å². The maximum Gasteiger partial charge on any atom is 0.437 e. The minimum Gasteiger partial charge on any atom is -0.380 e. The van der Waals surface area contributed by atoms with Crippen molar-refractivity contribution in [3.05, 3.63) is 34.9 Å². The molecule has 0 aliphatic carbocycles. The quantitative estimate of drug-likeness (QED) is 0.477. The highest BCUT2D eigenvalue weighted by Crippen LogP contribution is 2.27. The summed E-state index contributed by atoms with van der Waals surface area (Å²) in [5.74, 6) is 0. The molecule has 17 heavy (non-hydrogen) atoms. The topological polar surface area (TPSA) is 45.4 Å². The van der Waals surface area contributed by atoms with Crippen LogP contribution in [0.3, 0.4) is 0 Å². The highest BCUT2D eigenvalue weighted by molar-refractivity contribution is 6.34. The van der Waals surface area contributed by atoms with Gasteiger partial charge in [-0.2, -0.15) is 18.4 Å². The normalized spacial score (nSPS) is 12.1. The van der Waals surface area contributed by atoms with Crippen molar-refractivity contribution in [3.8, 4) is 6.07 Å². The fourth-order valence-electron chi connectivity index (χ4n) is 1.03. The molecule has 0 aliphatic heterocycles. The van der Waals surface area contributed by atoms with Crippen molar-refractivity contribution < 1.29 is 18.0 Å². The lowest BCUT2D eigenvalue weighted by molar-refractivity contribution is -0.0611. The fraction of sp³-hybridized carbons (Fsp3) is 0.200. The molecule has 0 amide bonds. The van der Waals surface area contributed by atoms with Gasteiger partial charge in [-0.05, 0) is 6.07 Å². The number of nitrogens with zero attached hydrogens (tertiary/aromatic N) is 2. The fourth-order valence-corrected chi connectivity index (χ4v) is 1.26. The summed E-state index contributed by atoms with van der Waals surface area (Å²) >= 11 is 5.64. The molecule has 0 saturated heterocycles. The van der Waals surface area contributed by atoms with Crippen molar-refractivity contribution >= 4 is 17.3 Å². The molecule has 0 fully saturated rings. The second-order valence-corrected chi connectivity index (χ2v) is 3.26. The lowest BCUT2D eigenvalue weighted by atomic mass is 10.1. The van der Waals surface area contributed by atoms with Gasteiger partial charge in [0, 0.05) is 5.56 Å². The van der Waals surface area contributed by atoms with Gasteiger partial charge in [0.05, 0.1) is 5.02 Å². The van der Waals surface area contributed by atoms with Crippen molar-refractivity contribution in [1.29, 1.82) is 5.26 Å². The molecule has 0 unspecified atom stereocenters. The summed E-state index contributed by atoms with van der Waals surface area (Å²) in [7, 11) is 0. The summed E-state index contributed by atoms with van der Waals surface area (Å²) in [5.41, 5.74) is -1.56. The Labute approximate surface area is 100 Å². The molecule has 0 aromatic heterocycles. The Morgan fingerprint density at radius 1 is 1.41 bits per heavy atom. The van der Waals surface area contributed by atoms with E-state index in [1.807, 2.05) is 0 Å². The molecule has 0 aliphatic rings.